The Morgan fingerprint density at radius 3 is 2.64 bits per heavy atom. The maximum atomic E-state index is 9.38. The predicted octanol–water partition coefficient (Wildman–Crippen LogP) is 1.43. The molecule has 1 rings (SSSR count). The lowest BCUT2D eigenvalue weighted by Crippen LogP contribution is -2.51. The molecule has 0 heterocycles. The Kier molecular flexibility index (Phi) is 4.37. The summed E-state index contributed by atoms with van der Waals surface area (Å²) >= 11 is 0. The molecule has 80 valence electrons. The zero-order valence-corrected chi connectivity index (χ0v) is 8.92. The van der Waals surface area contributed by atoms with Gasteiger partial charge in [-0.15, -0.1) is 0 Å². The molecule has 0 spiro atoms. The molecule has 3 heteroatoms. The lowest BCUT2D eigenvalue weighted by atomic mass is 9.77. The van der Waals surface area contributed by atoms with Crippen LogP contribution in [0, 0.1) is 17.2 Å². The lowest BCUT2D eigenvalue weighted by molar-refractivity contribution is 0.107. The molecular weight excluding hydrogens is 176 g/mol. The maximum absolute atomic E-state index is 9.38. The summed E-state index contributed by atoms with van der Waals surface area (Å²) in [7, 11) is 0. The van der Waals surface area contributed by atoms with E-state index in [0.717, 1.165) is 18.8 Å². The Morgan fingerprint density at radius 1 is 1.50 bits per heavy atom. The molecule has 0 amide bonds. The monoisotopic (exact) mass is 196 g/mol. The Morgan fingerprint density at radius 2 is 2.14 bits per heavy atom. The molecule has 0 saturated heterocycles. The summed E-state index contributed by atoms with van der Waals surface area (Å²) in [5, 5.41) is 21.2. The first-order chi connectivity index (χ1) is 6.72. The van der Waals surface area contributed by atoms with Crippen LogP contribution in [-0.2, 0) is 0 Å². The molecule has 1 aliphatic rings. The summed E-state index contributed by atoms with van der Waals surface area (Å²) in [6.45, 7) is 3.16. The van der Waals surface area contributed by atoms with Gasteiger partial charge in [0.05, 0.1) is 12.7 Å². The van der Waals surface area contributed by atoms with Gasteiger partial charge in [0.25, 0.3) is 0 Å². The molecule has 0 bridgehead atoms. The van der Waals surface area contributed by atoms with Crippen LogP contribution in [0.5, 0.6) is 0 Å². The van der Waals surface area contributed by atoms with Crippen LogP contribution >= 0.6 is 0 Å². The largest absolute Gasteiger partial charge is 0.394 e. The first-order valence-electron chi connectivity index (χ1n) is 5.45. The average molecular weight is 196 g/mol. The van der Waals surface area contributed by atoms with Gasteiger partial charge >= 0.3 is 0 Å². The summed E-state index contributed by atoms with van der Waals surface area (Å²) in [6.07, 6.45) is 4.96. The zero-order chi connectivity index (χ0) is 10.4. The molecule has 1 fully saturated rings. The van der Waals surface area contributed by atoms with Crippen LogP contribution in [-0.4, -0.2) is 23.8 Å². The molecular formula is C11H20N2O. The standard InChI is InChI=1S/C11H20N2O/c1-10-3-5-11(9-14,6-4-10)13-8-2-7-12/h10,13-14H,2-6,8-9H2,1H3. The van der Waals surface area contributed by atoms with Crippen molar-refractivity contribution >= 4 is 0 Å². The molecule has 0 unspecified atom stereocenters. The summed E-state index contributed by atoms with van der Waals surface area (Å²) in [5.74, 6) is 0.785. The van der Waals surface area contributed by atoms with Gasteiger partial charge in [0.1, 0.15) is 0 Å². The van der Waals surface area contributed by atoms with Crippen molar-refractivity contribution in [1.29, 1.82) is 5.26 Å². The van der Waals surface area contributed by atoms with E-state index in [1.165, 1.54) is 12.8 Å². The number of hydrogen-bond acceptors (Lipinski definition) is 3. The number of nitrogens with one attached hydrogen (secondary N) is 1. The number of rotatable bonds is 4. The van der Waals surface area contributed by atoms with Crippen molar-refractivity contribution in [2.24, 2.45) is 5.92 Å². The molecule has 0 aromatic rings. The topological polar surface area (TPSA) is 56.0 Å². The Balaban J connectivity index is 2.38. The third-order valence-electron chi connectivity index (χ3n) is 3.27. The van der Waals surface area contributed by atoms with E-state index < -0.39 is 0 Å². The van der Waals surface area contributed by atoms with Crippen LogP contribution in [0.25, 0.3) is 0 Å². The molecule has 0 aromatic heterocycles. The summed E-state index contributed by atoms with van der Waals surface area (Å²) in [5.41, 5.74) is -0.0939. The van der Waals surface area contributed by atoms with Crippen LogP contribution in [0.15, 0.2) is 0 Å². The molecule has 0 aliphatic heterocycles. The number of aliphatic hydroxyl groups excluding tert-OH is 1. The van der Waals surface area contributed by atoms with Crippen molar-refractivity contribution in [2.45, 2.75) is 44.6 Å². The van der Waals surface area contributed by atoms with Crippen molar-refractivity contribution in [2.75, 3.05) is 13.2 Å². The van der Waals surface area contributed by atoms with Gasteiger partial charge in [-0.25, -0.2) is 0 Å². The van der Waals surface area contributed by atoms with Crippen molar-refractivity contribution in [1.82, 2.24) is 5.32 Å². The first kappa shape index (κ1) is 11.5. The number of nitriles is 1. The van der Waals surface area contributed by atoms with Gasteiger partial charge in [-0.2, -0.15) is 5.26 Å². The number of hydrogen-bond donors (Lipinski definition) is 2. The van der Waals surface area contributed by atoms with E-state index in [9.17, 15) is 5.11 Å². The SMILES string of the molecule is CC1CCC(CO)(NCCC#N)CC1. The minimum atomic E-state index is -0.0939. The normalized spacial score (nSPS) is 32.5. The van der Waals surface area contributed by atoms with Crippen LogP contribution in [0.2, 0.25) is 0 Å². The third kappa shape index (κ3) is 2.97. The van der Waals surface area contributed by atoms with Crippen LogP contribution in [0.1, 0.15) is 39.0 Å². The number of nitrogens with zero attached hydrogens (tertiary/aromatic N) is 1. The van der Waals surface area contributed by atoms with E-state index in [-0.39, 0.29) is 12.1 Å². The minimum Gasteiger partial charge on any atom is -0.394 e. The highest BCUT2D eigenvalue weighted by molar-refractivity contribution is 4.92. The highest BCUT2D eigenvalue weighted by atomic mass is 16.3. The Bertz CT molecular complexity index is 202. The van der Waals surface area contributed by atoms with Crippen molar-refractivity contribution in [3.63, 3.8) is 0 Å². The fraction of sp³-hybridized carbons (Fsp3) is 0.909. The van der Waals surface area contributed by atoms with Crippen molar-refractivity contribution in [3.8, 4) is 6.07 Å². The molecule has 3 nitrogen and oxygen atoms in total. The second-order valence-corrected chi connectivity index (χ2v) is 4.46. The van der Waals surface area contributed by atoms with Crippen molar-refractivity contribution in [3.05, 3.63) is 0 Å². The predicted molar refractivity (Wildman–Crippen MR) is 55.7 cm³/mol. The van der Waals surface area contributed by atoms with Gasteiger partial charge in [0, 0.05) is 18.5 Å². The molecule has 1 aliphatic carbocycles. The Hall–Kier alpha value is -0.590. The fourth-order valence-corrected chi connectivity index (χ4v) is 2.09. The van der Waals surface area contributed by atoms with Gasteiger partial charge in [-0.05, 0) is 31.6 Å². The quantitative estimate of drug-likeness (QED) is 0.669. The molecule has 2 N–H and O–H groups in total. The maximum Gasteiger partial charge on any atom is 0.0635 e. The van der Waals surface area contributed by atoms with Gasteiger partial charge in [0.15, 0.2) is 0 Å². The van der Waals surface area contributed by atoms with E-state index in [4.69, 9.17) is 5.26 Å². The highest BCUT2D eigenvalue weighted by Gasteiger charge is 2.32. The molecule has 0 radical (unpaired) electrons. The van der Waals surface area contributed by atoms with Gasteiger partial charge in [-0.3, -0.25) is 0 Å². The average Bonchev–Trinajstić information content (AvgIpc) is 2.22. The summed E-state index contributed by atoms with van der Waals surface area (Å²) in [6, 6.07) is 2.11. The molecule has 14 heavy (non-hydrogen) atoms. The molecule has 1 saturated carbocycles. The lowest BCUT2D eigenvalue weighted by Gasteiger charge is -2.38. The highest BCUT2D eigenvalue weighted by Crippen LogP contribution is 2.31. The molecule has 0 atom stereocenters. The van der Waals surface area contributed by atoms with Crippen LogP contribution < -0.4 is 5.32 Å². The second-order valence-electron chi connectivity index (χ2n) is 4.46. The first-order valence-corrected chi connectivity index (χ1v) is 5.45. The van der Waals surface area contributed by atoms with E-state index in [2.05, 4.69) is 18.3 Å². The van der Waals surface area contributed by atoms with Crippen molar-refractivity contribution < 1.29 is 5.11 Å². The van der Waals surface area contributed by atoms with Gasteiger partial charge in [0.2, 0.25) is 0 Å². The van der Waals surface area contributed by atoms with E-state index in [0.29, 0.717) is 13.0 Å². The van der Waals surface area contributed by atoms with Gasteiger partial charge in [-0.1, -0.05) is 6.92 Å². The zero-order valence-electron chi connectivity index (χ0n) is 8.92. The summed E-state index contributed by atoms with van der Waals surface area (Å²) < 4.78 is 0. The van der Waals surface area contributed by atoms with Gasteiger partial charge < -0.3 is 10.4 Å². The number of aliphatic hydroxyl groups is 1. The van der Waals surface area contributed by atoms with Crippen LogP contribution in [0.3, 0.4) is 0 Å². The van der Waals surface area contributed by atoms with Crippen LogP contribution in [0.4, 0.5) is 0 Å². The Labute approximate surface area is 86.1 Å². The summed E-state index contributed by atoms with van der Waals surface area (Å²) in [4.78, 5) is 0. The smallest absolute Gasteiger partial charge is 0.0635 e. The minimum absolute atomic E-state index is 0.0939. The molecule has 0 aromatic carbocycles. The third-order valence-corrected chi connectivity index (χ3v) is 3.27. The van der Waals surface area contributed by atoms with E-state index >= 15 is 0 Å². The fourth-order valence-electron chi connectivity index (χ4n) is 2.09. The second kappa shape index (κ2) is 5.33. The van der Waals surface area contributed by atoms with E-state index in [1.54, 1.807) is 0 Å². The van der Waals surface area contributed by atoms with E-state index in [1.807, 2.05) is 0 Å².